The minimum atomic E-state index is -3.80. The lowest BCUT2D eigenvalue weighted by Crippen LogP contribution is -2.47. The van der Waals surface area contributed by atoms with Crippen molar-refractivity contribution in [1.82, 2.24) is 10.2 Å². The second-order valence-corrected chi connectivity index (χ2v) is 9.56. The summed E-state index contributed by atoms with van der Waals surface area (Å²) in [7, 11) is -3.80. The van der Waals surface area contributed by atoms with Crippen LogP contribution in [0.25, 0.3) is 10.6 Å². The van der Waals surface area contributed by atoms with Crippen molar-refractivity contribution in [2.45, 2.75) is 26.3 Å². The van der Waals surface area contributed by atoms with Gasteiger partial charge in [0.2, 0.25) is 21.1 Å². The second kappa shape index (κ2) is 8.88. The van der Waals surface area contributed by atoms with Crippen molar-refractivity contribution in [2.24, 2.45) is 0 Å². The first-order valence-electron chi connectivity index (χ1n) is 9.15. The maximum atomic E-state index is 13.3. The highest BCUT2D eigenvalue weighted by molar-refractivity contribution is 7.92. The molecule has 0 spiro atoms. The van der Waals surface area contributed by atoms with E-state index in [9.17, 15) is 17.6 Å². The van der Waals surface area contributed by atoms with Gasteiger partial charge in [0, 0.05) is 5.56 Å². The highest BCUT2D eigenvalue weighted by Crippen LogP contribution is 2.28. The molecule has 7 nitrogen and oxygen atoms in total. The fourth-order valence-electron chi connectivity index (χ4n) is 2.92. The zero-order valence-electron chi connectivity index (χ0n) is 16.7. The molecule has 3 rings (SSSR count). The molecule has 1 amide bonds. The number of nitrogens with zero attached hydrogens (tertiary/aromatic N) is 3. The molecule has 0 bridgehead atoms. The topological polar surface area (TPSA) is 92.3 Å². The summed E-state index contributed by atoms with van der Waals surface area (Å²) in [6.45, 7) is 3.68. The molecule has 2 aromatic carbocycles. The van der Waals surface area contributed by atoms with Crippen LogP contribution in [0.15, 0.2) is 48.5 Å². The number of aromatic nitrogens is 2. The van der Waals surface area contributed by atoms with Gasteiger partial charge < -0.3 is 0 Å². The van der Waals surface area contributed by atoms with Crippen LogP contribution in [0.1, 0.15) is 18.9 Å². The first kappa shape index (κ1) is 21.8. The van der Waals surface area contributed by atoms with E-state index in [2.05, 4.69) is 15.5 Å². The third-order valence-corrected chi connectivity index (χ3v) is 6.43. The molecule has 30 heavy (non-hydrogen) atoms. The van der Waals surface area contributed by atoms with Gasteiger partial charge in [0.25, 0.3) is 0 Å². The molecule has 1 N–H and O–H groups in total. The molecule has 0 fully saturated rings. The molecule has 1 heterocycles. The van der Waals surface area contributed by atoms with E-state index in [1.807, 2.05) is 31.2 Å². The molecule has 0 aliphatic carbocycles. The summed E-state index contributed by atoms with van der Waals surface area (Å²) in [4.78, 5) is 12.9. The number of hydrogen-bond donors (Lipinski definition) is 1. The van der Waals surface area contributed by atoms with E-state index in [4.69, 9.17) is 0 Å². The molecule has 0 radical (unpaired) electrons. The lowest BCUT2D eigenvalue weighted by molar-refractivity contribution is -0.117. The monoisotopic (exact) mass is 448 g/mol. The fourth-order valence-corrected chi connectivity index (χ4v) is 4.89. The van der Waals surface area contributed by atoms with Crippen LogP contribution in [0.2, 0.25) is 0 Å². The molecular formula is C20H21FN4O3S2. The van der Waals surface area contributed by atoms with Gasteiger partial charge in [-0.1, -0.05) is 48.1 Å². The highest BCUT2D eigenvalue weighted by Gasteiger charge is 2.32. The maximum absolute atomic E-state index is 13.3. The number of benzene rings is 2. The molecule has 3 aromatic rings. The number of rotatable bonds is 7. The molecule has 0 unspecified atom stereocenters. The predicted molar refractivity (Wildman–Crippen MR) is 117 cm³/mol. The Bertz CT molecular complexity index is 1130. The Labute approximate surface area is 178 Å². The SMILES string of the molecule is CC[C@@H](C(=O)Nc1nnc(-c2ccc(C)cc2)s1)N(c1ccc(F)cc1)S(C)(=O)=O. The number of carbonyl (C=O) groups excluding carboxylic acids is 1. The molecule has 0 saturated heterocycles. The van der Waals surface area contributed by atoms with E-state index >= 15 is 0 Å². The quantitative estimate of drug-likeness (QED) is 0.593. The van der Waals surface area contributed by atoms with Gasteiger partial charge in [-0.15, -0.1) is 10.2 Å². The van der Waals surface area contributed by atoms with Crippen LogP contribution in [0.5, 0.6) is 0 Å². The van der Waals surface area contributed by atoms with Crippen LogP contribution >= 0.6 is 11.3 Å². The minimum Gasteiger partial charge on any atom is -0.299 e. The Balaban J connectivity index is 1.84. The van der Waals surface area contributed by atoms with E-state index in [0.29, 0.717) is 5.01 Å². The van der Waals surface area contributed by atoms with Gasteiger partial charge in [0.1, 0.15) is 16.9 Å². The first-order valence-corrected chi connectivity index (χ1v) is 11.8. The van der Waals surface area contributed by atoms with Crippen LogP contribution in [-0.2, 0) is 14.8 Å². The van der Waals surface area contributed by atoms with Crippen molar-refractivity contribution in [3.63, 3.8) is 0 Å². The highest BCUT2D eigenvalue weighted by atomic mass is 32.2. The van der Waals surface area contributed by atoms with Crippen molar-refractivity contribution in [3.05, 3.63) is 59.9 Å². The lowest BCUT2D eigenvalue weighted by Gasteiger charge is -2.29. The molecule has 1 aromatic heterocycles. The van der Waals surface area contributed by atoms with Gasteiger partial charge in [-0.2, -0.15) is 0 Å². The van der Waals surface area contributed by atoms with E-state index in [0.717, 1.165) is 33.8 Å². The zero-order chi connectivity index (χ0) is 21.9. The number of hydrogen-bond acceptors (Lipinski definition) is 6. The largest absolute Gasteiger partial charge is 0.299 e. The third-order valence-electron chi connectivity index (χ3n) is 4.36. The van der Waals surface area contributed by atoms with Crippen LogP contribution in [0, 0.1) is 12.7 Å². The van der Waals surface area contributed by atoms with Crippen LogP contribution in [0.4, 0.5) is 15.2 Å². The molecule has 1 atom stereocenters. The van der Waals surface area contributed by atoms with Crippen molar-refractivity contribution in [2.75, 3.05) is 15.9 Å². The van der Waals surface area contributed by atoms with Crippen molar-refractivity contribution < 1.29 is 17.6 Å². The Hall–Kier alpha value is -2.85. The Morgan fingerprint density at radius 2 is 1.77 bits per heavy atom. The van der Waals surface area contributed by atoms with Gasteiger partial charge in [0.15, 0.2) is 0 Å². The minimum absolute atomic E-state index is 0.207. The van der Waals surface area contributed by atoms with Gasteiger partial charge in [-0.05, 0) is 37.6 Å². The molecule has 0 aliphatic heterocycles. The summed E-state index contributed by atoms with van der Waals surface area (Å²) in [6, 6.07) is 11.7. The third kappa shape index (κ3) is 5.00. The number of sulfonamides is 1. The molecule has 0 aliphatic rings. The van der Waals surface area contributed by atoms with Gasteiger partial charge >= 0.3 is 0 Å². The Morgan fingerprint density at radius 3 is 2.33 bits per heavy atom. The number of carbonyl (C=O) groups is 1. The Kier molecular flexibility index (Phi) is 6.47. The Morgan fingerprint density at radius 1 is 1.13 bits per heavy atom. The molecule has 0 saturated carbocycles. The van der Waals surface area contributed by atoms with Crippen LogP contribution in [-0.4, -0.2) is 36.8 Å². The summed E-state index contributed by atoms with van der Waals surface area (Å²) in [6.07, 6.45) is 1.21. The van der Waals surface area contributed by atoms with E-state index in [-0.39, 0.29) is 17.2 Å². The summed E-state index contributed by atoms with van der Waals surface area (Å²) in [5, 5.41) is 11.6. The van der Waals surface area contributed by atoms with Crippen LogP contribution in [0.3, 0.4) is 0 Å². The number of aryl methyl sites for hydroxylation is 1. The molecular weight excluding hydrogens is 427 g/mol. The first-order chi connectivity index (χ1) is 14.2. The second-order valence-electron chi connectivity index (χ2n) is 6.73. The average Bonchev–Trinajstić information content (AvgIpc) is 3.15. The maximum Gasteiger partial charge on any atom is 0.250 e. The summed E-state index contributed by atoms with van der Waals surface area (Å²) in [5.74, 6) is -1.04. The number of amides is 1. The van der Waals surface area contributed by atoms with Gasteiger partial charge in [-0.3, -0.25) is 14.4 Å². The zero-order valence-corrected chi connectivity index (χ0v) is 18.3. The average molecular weight is 449 g/mol. The lowest BCUT2D eigenvalue weighted by atomic mass is 10.2. The number of nitrogens with one attached hydrogen (secondary N) is 1. The number of anilines is 2. The van der Waals surface area contributed by atoms with E-state index in [1.165, 1.54) is 23.5 Å². The standard InChI is InChI=1S/C20H21FN4O3S2/c1-4-17(25(30(3,27)28)16-11-9-15(21)10-12-16)18(26)22-20-24-23-19(29-20)14-7-5-13(2)6-8-14/h5-12,17H,4H2,1-3H3,(H,22,24,26)/t17-/m0/s1. The van der Waals surface area contributed by atoms with Crippen LogP contribution < -0.4 is 9.62 Å². The summed E-state index contributed by atoms with van der Waals surface area (Å²) < 4.78 is 39.1. The molecule has 10 heteroatoms. The number of halogens is 1. The van der Waals surface area contributed by atoms with E-state index in [1.54, 1.807) is 6.92 Å². The van der Waals surface area contributed by atoms with Crippen molar-refractivity contribution in [3.8, 4) is 10.6 Å². The predicted octanol–water partition coefficient (Wildman–Crippen LogP) is 3.84. The van der Waals surface area contributed by atoms with Gasteiger partial charge in [-0.25, -0.2) is 12.8 Å². The molecule has 158 valence electrons. The summed E-state index contributed by atoms with van der Waals surface area (Å²) in [5.41, 5.74) is 2.19. The fraction of sp³-hybridized carbons (Fsp3) is 0.250. The van der Waals surface area contributed by atoms with E-state index < -0.39 is 27.8 Å². The van der Waals surface area contributed by atoms with Crippen molar-refractivity contribution >= 4 is 38.1 Å². The van der Waals surface area contributed by atoms with Gasteiger partial charge in [0.05, 0.1) is 11.9 Å². The smallest absolute Gasteiger partial charge is 0.250 e. The normalized spacial score (nSPS) is 12.4. The van der Waals surface area contributed by atoms with Crippen molar-refractivity contribution in [1.29, 1.82) is 0 Å². The summed E-state index contributed by atoms with van der Waals surface area (Å²) >= 11 is 1.19.